The number of nitrogens with zero attached hydrogens (tertiary/aromatic N) is 2. The van der Waals surface area contributed by atoms with E-state index in [0.717, 1.165) is 28.0 Å². The van der Waals surface area contributed by atoms with Gasteiger partial charge in [-0.25, -0.2) is 9.78 Å². The number of hydrogen-bond acceptors (Lipinski definition) is 2. The molecule has 0 aliphatic carbocycles. The Hall–Kier alpha value is -1.62. The van der Waals surface area contributed by atoms with Crippen LogP contribution >= 0.6 is 15.9 Å². The van der Waals surface area contributed by atoms with Crippen molar-refractivity contribution in [2.45, 2.75) is 19.8 Å². The molecule has 0 radical (unpaired) electrons. The van der Waals surface area contributed by atoms with Crippen LogP contribution in [0, 0.1) is 6.92 Å². The number of carbonyl (C=O) groups is 1. The normalized spacial score (nSPS) is 10.7. The van der Waals surface area contributed by atoms with Gasteiger partial charge in [-0.05, 0) is 31.4 Å². The SMILES string of the molecule is Cc1nc(C(=O)O)c(CCc2ccccc2Br)n1C. The zero-order chi connectivity index (χ0) is 14.0. The zero-order valence-corrected chi connectivity index (χ0v) is 12.4. The molecule has 1 aromatic carbocycles. The number of benzene rings is 1. The van der Waals surface area contributed by atoms with Gasteiger partial charge in [0.1, 0.15) is 5.82 Å². The summed E-state index contributed by atoms with van der Waals surface area (Å²) in [7, 11) is 1.85. The Morgan fingerprint density at radius 1 is 1.37 bits per heavy atom. The monoisotopic (exact) mass is 322 g/mol. The van der Waals surface area contributed by atoms with E-state index in [1.54, 1.807) is 0 Å². The van der Waals surface area contributed by atoms with Gasteiger partial charge in [-0.3, -0.25) is 0 Å². The number of halogens is 1. The molecule has 4 nitrogen and oxygen atoms in total. The number of imidazole rings is 1. The topological polar surface area (TPSA) is 55.1 Å². The van der Waals surface area contributed by atoms with Gasteiger partial charge in [0.15, 0.2) is 5.69 Å². The fourth-order valence-corrected chi connectivity index (χ4v) is 2.55. The standard InChI is InChI=1S/C14H15BrN2O2/c1-9-16-13(14(18)19)12(17(9)2)8-7-10-5-3-4-6-11(10)15/h3-6H,7-8H2,1-2H3,(H,18,19). The Bertz CT molecular complexity index is 620. The van der Waals surface area contributed by atoms with Crippen LogP contribution in [0.4, 0.5) is 0 Å². The molecule has 0 fully saturated rings. The van der Waals surface area contributed by atoms with Gasteiger partial charge < -0.3 is 9.67 Å². The lowest BCUT2D eigenvalue weighted by molar-refractivity contribution is 0.0689. The molecule has 1 aromatic heterocycles. The van der Waals surface area contributed by atoms with Gasteiger partial charge in [-0.2, -0.15) is 0 Å². The molecule has 0 aliphatic rings. The van der Waals surface area contributed by atoms with E-state index in [2.05, 4.69) is 20.9 Å². The number of aromatic carboxylic acids is 1. The molecule has 0 saturated heterocycles. The number of aromatic nitrogens is 2. The maximum absolute atomic E-state index is 11.2. The van der Waals surface area contributed by atoms with Crippen LogP contribution in [0.25, 0.3) is 0 Å². The van der Waals surface area contributed by atoms with Gasteiger partial charge in [0.25, 0.3) is 0 Å². The third-order valence-electron chi connectivity index (χ3n) is 3.23. The molecule has 0 unspecified atom stereocenters. The summed E-state index contributed by atoms with van der Waals surface area (Å²) in [6.07, 6.45) is 1.43. The third-order valence-corrected chi connectivity index (χ3v) is 4.00. The molecule has 19 heavy (non-hydrogen) atoms. The van der Waals surface area contributed by atoms with Crippen LogP contribution in [0.15, 0.2) is 28.7 Å². The van der Waals surface area contributed by atoms with E-state index >= 15 is 0 Å². The van der Waals surface area contributed by atoms with Crippen molar-refractivity contribution >= 4 is 21.9 Å². The van der Waals surface area contributed by atoms with Crippen molar-refractivity contribution < 1.29 is 9.90 Å². The van der Waals surface area contributed by atoms with E-state index in [0.29, 0.717) is 6.42 Å². The molecule has 0 aliphatic heterocycles. The number of carboxylic acids is 1. The minimum atomic E-state index is -0.967. The van der Waals surface area contributed by atoms with E-state index in [1.807, 2.05) is 42.8 Å². The molecule has 100 valence electrons. The number of hydrogen-bond donors (Lipinski definition) is 1. The predicted molar refractivity (Wildman–Crippen MR) is 76.5 cm³/mol. The highest BCUT2D eigenvalue weighted by Crippen LogP contribution is 2.19. The first-order chi connectivity index (χ1) is 9.00. The summed E-state index contributed by atoms with van der Waals surface area (Å²) in [6, 6.07) is 7.97. The first-order valence-corrected chi connectivity index (χ1v) is 6.79. The van der Waals surface area contributed by atoms with E-state index < -0.39 is 5.97 Å². The van der Waals surface area contributed by atoms with E-state index in [-0.39, 0.29) is 5.69 Å². The summed E-state index contributed by atoms with van der Waals surface area (Å²) in [5, 5.41) is 9.17. The first-order valence-electron chi connectivity index (χ1n) is 5.99. The number of aryl methyl sites for hydroxylation is 2. The molecule has 0 saturated carbocycles. The summed E-state index contributed by atoms with van der Waals surface area (Å²) in [6.45, 7) is 1.81. The second kappa shape index (κ2) is 5.57. The van der Waals surface area contributed by atoms with Crippen molar-refractivity contribution in [3.63, 3.8) is 0 Å². The summed E-state index contributed by atoms with van der Waals surface area (Å²) < 4.78 is 2.89. The Kier molecular flexibility index (Phi) is 4.04. The molecular formula is C14H15BrN2O2. The smallest absolute Gasteiger partial charge is 0.356 e. The highest BCUT2D eigenvalue weighted by molar-refractivity contribution is 9.10. The Morgan fingerprint density at radius 3 is 2.68 bits per heavy atom. The third kappa shape index (κ3) is 2.87. The van der Waals surface area contributed by atoms with E-state index in [4.69, 9.17) is 0 Å². The lowest BCUT2D eigenvalue weighted by atomic mass is 10.1. The summed E-state index contributed by atoms with van der Waals surface area (Å²) in [4.78, 5) is 15.3. The van der Waals surface area contributed by atoms with Crippen molar-refractivity contribution in [2.24, 2.45) is 7.05 Å². The lowest BCUT2D eigenvalue weighted by Gasteiger charge is -2.07. The first kappa shape index (κ1) is 13.8. The molecule has 1 heterocycles. The maximum Gasteiger partial charge on any atom is 0.356 e. The van der Waals surface area contributed by atoms with Crippen molar-refractivity contribution in [1.82, 2.24) is 9.55 Å². The van der Waals surface area contributed by atoms with Gasteiger partial charge in [0, 0.05) is 11.5 Å². The highest BCUT2D eigenvalue weighted by Gasteiger charge is 2.18. The predicted octanol–water partition coefficient (Wildman–Crippen LogP) is 2.97. The summed E-state index contributed by atoms with van der Waals surface area (Å²) in [5.74, 6) is -0.245. The molecule has 2 rings (SSSR count). The van der Waals surface area contributed by atoms with Crippen LogP contribution in [0.3, 0.4) is 0 Å². The number of rotatable bonds is 4. The second-order valence-electron chi connectivity index (χ2n) is 4.41. The van der Waals surface area contributed by atoms with Crippen LogP contribution in [-0.4, -0.2) is 20.6 Å². The van der Waals surface area contributed by atoms with Crippen LogP contribution in [0.2, 0.25) is 0 Å². The lowest BCUT2D eigenvalue weighted by Crippen LogP contribution is -2.07. The molecule has 0 bridgehead atoms. The minimum absolute atomic E-state index is 0.159. The molecule has 1 N–H and O–H groups in total. The molecule has 5 heteroatoms. The average Bonchev–Trinajstić information content (AvgIpc) is 2.65. The largest absolute Gasteiger partial charge is 0.476 e. The highest BCUT2D eigenvalue weighted by atomic mass is 79.9. The van der Waals surface area contributed by atoms with Crippen LogP contribution in [0.5, 0.6) is 0 Å². The Labute approximate surface area is 120 Å². The van der Waals surface area contributed by atoms with Gasteiger partial charge in [0.2, 0.25) is 0 Å². The molecule has 0 atom stereocenters. The zero-order valence-electron chi connectivity index (χ0n) is 10.9. The van der Waals surface area contributed by atoms with Gasteiger partial charge >= 0.3 is 5.97 Å². The molecule has 2 aromatic rings. The maximum atomic E-state index is 11.2. The summed E-state index contributed by atoms with van der Waals surface area (Å²) >= 11 is 3.50. The Morgan fingerprint density at radius 2 is 2.05 bits per heavy atom. The Balaban J connectivity index is 2.25. The average molecular weight is 323 g/mol. The fourth-order valence-electron chi connectivity index (χ4n) is 2.07. The van der Waals surface area contributed by atoms with Crippen LogP contribution < -0.4 is 0 Å². The van der Waals surface area contributed by atoms with Crippen LogP contribution in [-0.2, 0) is 19.9 Å². The quantitative estimate of drug-likeness (QED) is 0.941. The van der Waals surface area contributed by atoms with Gasteiger partial charge in [-0.1, -0.05) is 34.1 Å². The van der Waals surface area contributed by atoms with Crippen LogP contribution in [0.1, 0.15) is 27.6 Å². The fraction of sp³-hybridized carbons (Fsp3) is 0.286. The molecular weight excluding hydrogens is 308 g/mol. The molecule has 0 amide bonds. The summed E-state index contributed by atoms with van der Waals surface area (Å²) in [5.41, 5.74) is 2.09. The van der Waals surface area contributed by atoms with E-state index in [9.17, 15) is 9.90 Å². The second-order valence-corrected chi connectivity index (χ2v) is 5.26. The van der Waals surface area contributed by atoms with Gasteiger partial charge in [-0.15, -0.1) is 0 Å². The van der Waals surface area contributed by atoms with Gasteiger partial charge in [0.05, 0.1) is 5.69 Å². The number of carboxylic acid groups (broad SMARTS) is 1. The van der Waals surface area contributed by atoms with Crippen molar-refractivity contribution in [3.05, 3.63) is 51.5 Å². The van der Waals surface area contributed by atoms with Crippen molar-refractivity contribution in [2.75, 3.05) is 0 Å². The van der Waals surface area contributed by atoms with E-state index in [1.165, 1.54) is 0 Å². The van der Waals surface area contributed by atoms with Crippen molar-refractivity contribution in [1.29, 1.82) is 0 Å². The minimum Gasteiger partial charge on any atom is -0.476 e. The molecule has 0 spiro atoms. The van der Waals surface area contributed by atoms with Crippen molar-refractivity contribution in [3.8, 4) is 0 Å².